The van der Waals surface area contributed by atoms with Gasteiger partial charge in [0.05, 0.1) is 12.7 Å². The molecule has 3 aliphatic rings. The number of rotatable bonds is 7. The number of aliphatic hydroxyl groups excluding tert-OH is 2. The van der Waals surface area contributed by atoms with Crippen molar-refractivity contribution in [1.29, 1.82) is 0 Å². The zero-order chi connectivity index (χ0) is 28.3. The first-order valence-electron chi connectivity index (χ1n) is 14.6. The van der Waals surface area contributed by atoms with Crippen LogP contribution < -0.4 is 10.1 Å². The molecule has 0 aromatic heterocycles. The quantitative estimate of drug-likeness (QED) is 0.415. The molecule has 6 unspecified atom stereocenters. The maximum absolute atomic E-state index is 13.1. The van der Waals surface area contributed by atoms with Gasteiger partial charge in [-0.25, -0.2) is 4.79 Å². The number of nitrogens with one attached hydrogen (secondary N) is 1. The number of benzene rings is 2. The summed E-state index contributed by atoms with van der Waals surface area (Å²) >= 11 is 0. The van der Waals surface area contributed by atoms with Crippen molar-refractivity contribution < 1.29 is 29.3 Å². The number of carbonyl (C=O) groups excluding carboxylic acids is 2. The number of carbonyl (C=O) groups is 2. The van der Waals surface area contributed by atoms with Crippen LogP contribution in [0.15, 0.2) is 54.6 Å². The smallest absolute Gasteiger partial charge is 0.411 e. The number of anilines is 1. The lowest BCUT2D eigenvalue weighted by Crippen LogP contribution is -2.61. The average Bonchev–Trinajstić information content (AvgIpc) is 3.49. The van der Waals surface area contributed by atoms with E-state index in [0.29, 0.717) is 43.5 Å². The highest BCUT2D eigenvalue weighted by Crippen LogP contribution is 2.61. The van der Waals surface area contributed by atoms with Gasteiger partial charge in [-0.05, 0) is 92.2 Å². The Morgan fingerprint density at radius 1 is 0.975 bits per heavy atom. The number of amides is 2. The van der Waals surface area contributed by atoms with Gasteiger partial charge in [-0.2, -0.15) is 0 Å². The van der Waals surface area contributed by atoms with E-state index in [9.17, 15) is 19.8 Å². The van der Waals surface area contributed by atoms with Crippen molar-refractivity contribution >= 4 is 17.7 Å². The number of hydrogen-bond acceptors (Lipinski definition) is 6. The Morgan fingerprint density at radius 3 is 2.33 bits per heavy atom. The molecular weight excluding hydrogens is 508 g/mol. The number of ether oxygens (including phenoxy) is 2. The Labute approximate surface area is 236 Å². The fourth-order valence-electron chi connectivity index (χ4n) is 7.57. The first kappa shape index (κ1) is 28.4. The monoisotopic (exact) mass is 550 g/mol. The van der Waals surface area contributed by atoms with E-state index in [2.05, 4.69) is 12.2 Å². The maximum atomic E-state index is 13.1. The second-order valence-corrected chi connectivity index (χ2v) is 12.3. The first-order valence-corrected chi connectivity index (χ1v) is 14.6. The van der Waals surface area contributed by atoms with Crippen LogP contribution in [-0.4, -0.2) is 59.0 Å². The zero-order valence-electron chi connectivity index (χ0n) is 23.6. The number of hydrogen-bond donors (Lipinski definition) is 3. The molecule has 2 aromatic rings. The molecule has 1 saturated heterocycles. The van der Waals surface area contributed by atoms with Crippen molar-refractivity contribution in [2.75, 3.05) is 25.0 Å². The van der Waals surface area contributed by atoms with E-state index in [0.717, 1.165) is 31.7 Å². The number of nitrogens with zero attached hydrogens (tertiary/aromatic N) is 1. The van der Waals surface area contributed by atoms with Crippen molar-refractivity contribution in [2.24, 2.45) is 22.7 Å². The molecule has 0 bridgehead atoms. The molecule has 0 radical (unpaired) electrons. The van der Waals surface area contributed by atoms with Crippen LogP contribution >= 0.6 is 0 Å². The third-order valence-corrected chi connectivity index (χ3v) is 9.86. The molecule has 8 heteroatoms. The van der Waals surface area contributed by atoms with Crippen LogP contribution in [0.1, 0.15) is 58.8 Å². The van der Waals surface area contributed by atoms with E-state index < -0.39 is 23.7 Å². The molecule has 216 valence electrons. The van der Waals surface area contributed by atoms with Gasteiger partial charge in [-0.1, -0.05) is 32.0 Å². The molecule has 0 spiro atoms. The molecule has 3 N–H and O–H groups in total. The van der Waals surface area contributed by atoms with Gasteiger partial charge in [0.15, 0.2) is 0 Å². The molecule has 1 heterocycles. The van der Waals surface area contributed by atoms with E-state index in [1.807, 2.05) is 42.2 Å². The van der Waals surface area contributed by atoms with Crippen molar-refractivity contribution in [2.45, 2.75) is 71.0 Å². The summed E-state index contributed by atoms with van der Waals surface area (Å²) in [5.74, 6) is 1.32. The largest absolute Gasteiger partial charge is 0.457 e. The Bertz CT molecular complexity index is 1170. The predicted octanol–water partition coefficient (Wildman–Crippen LogP) is 5.59. The Hall–Kier alpha value is -3.10. The Balaban J connectivity index is 1.24. The summed E-state index contributed by atoms with van der Waals surface area (Å²) < 4.78 is 11.8. The van der Waals surface area contributed by atoms with Gasteiger partial charge >= 0.3 is 6.09 Å². The molecule has 2 aliphatic carbocycles. The standard InChI is InChI=1S/C32H42N2O6/c1-31-17-16-28(40-30(38)33-22-10-12-24(13-11-22)39-23-8-4-3-5-9-23)32(2,21-35)27(31)15-14-26(36)25(31)20-29(37)34-18-6-7-19-34/h3-5,8-13,25-28,35-36H,6-7,14-21H2,1-2H3,(H,33,38). The molecule has 2 amide bonds. The number of likely N-dealkylation sites (tertiary alicyclic amines) is 1. The molecule has 5 rings (SSSR count). The predicted molar refractivity (Wildman–Crippen MR) is 152 cm³/mol. The lowest BCUT2D eigenvalue weighted by molar-refractivity contribution is -0.186. The van der Waals surface area contributed by atoms with Gasteiger partial charge in [0.2, 0.25) is 5.91 Å². The normalized spacial score (nSPS) is 31.8. The number of aliphatic hydroxyl groups is 2. The van der Waals surface area contributed by atoms with Gasteiger partial charge < -0.3 is 24.6 Å². The van der Waals surface area contributed by atoms with E-state index >= 15 is 0 Å². The van der Waals surface area contributed by atoms with Crippen LogP contribution in [0.5, 0.6) is 11.5 Å². The van der Waals surface area contributed by atoms with Gasteiger partial charge in [-0.15, -0.1) is 0 Å². The summed E-state index contributed by atoms with van der Waals surface area (Å²) in [6.07, 6.45) is 3.35. The minimum atomic E-state index is -0.688. The van der Waals surface area contributed by atoms with Gasteiger partial charge in [0, 0.05) is 30.6 Å². The highest BCUT2D eigenvalue weighted by molar-refractivity contribution is 5.84. The molecule has 40 heavy (non-hydrogen) atoms. The van der Waals surface area contributed by atoms with Crippen molar-refractivity contribution in [1.82, 2.24) is 4.90 Å². The summed E-state index contributed by atoms with van der Waals surface area (Å²) in [5, 5.41) is 24.5. The second kappa shape index (κ2) is 11.8. The third kappa shape index (κ3) is 5.70. The van der Waals surface area contributed by atoms with Crippen molar-refractivity contribution in [3.05, 3.63) is 54.6 Å². The molecular formula is C32H42N2O6. The van der Waals surface area contributed by atoms with Crippen molar-refractivity contribution in [3.8, 4) is 11.5 Å². The molecule has 2 saturated carbocycles. The summed E-state index contributed by atoms with van der Waals surface area (Å²) in [6, 6.07) is 16.5. The van der Waals surface area contributed by atoms with Crippen LogP contribution in [0.3, 0.4) is 0 Å². The first-order chi connectivity index (χ1) is 19.2. The third-order valence-electron chi connectivity index (χ3n) is 9.86. The van der Waals surface area contributed by atoms with E-state index in [1.165, 1.54) is 0 Å². The van der Waals surface area contributed by atoms with Crippen LogP contribution in [0, 0.1) is 22.7 Å². The van der Waals surface area contributed by atoms with Crippen molar-refractivity contribution in [3.63, 3.8) is 0 Å². The SMILES string of the molecule is CC1(CO)C(OC(=O)Nc2ccc(Oc3ccccc3)cc2)CCC2(C)C(CC(=O)N3CCCC3)C(O)CCC12. The lowest BCUT2D eigenvalue weighted by Gasteiger charge is -2.60. The van der Waals surface area contributed by atoms with E-state index in [-0.39, 0.29) is 29.8 Å². The number of fused-ring (bicyclic) bond motifs is 1. The van der Waals surface area contributed by atoms with Crippen LogP contribution in [0.4, 0.5) is 10.5 Å². The zero-order valence-corrected chi connectivity index (χ0v) is 23.6. The minimum absolute atomic E-state index is 0.00532. The molecule has 8 nitrogen and oxygen atoms in total. The van der Waals surface area contributed by atoms with E-state index in [4.69, 9.17) is 9.47 Å². The molecule has 1 aliphatic heterocycles. The highest BCUT2D eigenvalue weighted by atomic mass is 16.6. The summed E-state index contributed by atoms with van der Waals surface area (Å²) in [4.78, 5) is 28.0. The Morgan fingerprint density at radius 2 is 1.65 bits per heavy atom. The van der Waals surface area contributed by atoms with Crippen LogP contribution in [0.2, 0.25) is 0 Å². The lowest BCUT2D eigenvalue weighted by atomic mass is 9.46. The van der Waals surface area contributed by atoms with Gasteiger partial charge in [0.25, 0.3) is 0 Å². The van der Waals surface area contributed by atoms with Crippen LogP contribution in [0.25, 0.3) is 0 Å². The topological polar surface area (TPSA) is 108 Å². The average molecular weight is 551 g/mol. The summed E-state index contributed by atoms with van der Waals surface area (Å²) in [5.41, 5.74) is -0.444. The maximum Gasteiger partial charge on any atom is 0.411 e. The molecule has 3 fully saturated rings. The Kier molecular flexibility index (Phi) is 8.38. The van der Waals surface area contributed by atoms with E-state index in [1.54, 1.807) is 24.3 Å². The number of para-hydroxylation sites is 1. The van der Waals surface area contributed by atoms with Gasteiger partial charge in [-0.3, -0.25) is 10.1 Å². The minimum Gasteiger partial charge on any atom is -0.457 e. The van der Waals surface area contributed by atoms with Crippen LogP contribution in [-0.2, 0) is 9.53 Å². The molecule has 6 atom stereocenters. The second-order valence-electron chi connectivity index (χ2n) is 12.3. The fourth-order valence-corrected chi connectivity index (χ4v) is 7.57. The van der Waals surface area contributed by atoms with Gasteiger partial charge in [0.1, 0.15) is 17.6 Å². The fraction of sp³-hybridized carbons (Fsp3) is 0.562. The summed E-state index contributed by atoms with van der Waals surface area (Å²) in [7, 11) is 0. The summed E-state index contributed by atoms with van der Waals surface area (Å²) in [6.45, 7) is 5.60. The highest BCUT2D eigenvalue weighted by Gasteiger charge is 2.60. The molecule has 2 aromatic carbocycles.